The van der Waals surface area contributed by atoms with Gasteiger partial charge in [0, 0.05) is 38.4 Å². The predicted octanol–water partition coefficient (Wildman–Crippen LogP) is 2.18. The third kappa shape index (κ3) is 12.6. The van der Waals surface area contributed by atoms with E-state index >= 15 is 0 Å². The Hall–Kier alpha value is -0.160. The van der Waals surface area contributed by atoms with Gasteiger partial charge in [-0.2, -0.15) is 0 Å². The summed E-state index contributed by atoms with van der Waals surface area (Å²) in [5, 5.41) is 6.85. The Balaban J connectivity index is 3.60. The van der Waals surface area contributed by atoms with Gasteiger partial charge in [-0.1, -0.05) is 13.8 Å². The van der Waals surface area contributed by atoms with Crippen molar-refractivity contribution in [2.45, 2.75) is 65.6 Å². The van der Waals surface area contributed by atoms with Crippen LogP contribution in [0.1, 0.15) is 48.0 Å². The molecule has 0 aliphatic carbocycles. The van der Waals surface area contributed by atoms with Crippen molar-refractivity contribution in [3.63, 3.8) is 0 Å². The minimum absolute atomic E-state index is 0.121. The van der Waals surface area contributed by atoms with Crippen LogP contribution in [0.25, 0.3) is 0 Å². The second-order valence-corrected chi connectivity index (χ2v) is 5.99. The molecule has 0 rings (SSSR count). The minimum Gasteiger partial charge on any atom is -0.380 e. The zero-order chi connectivity index (χ0) is 14.7. The first-order valence-corrected chi connectivity index (χ1v) is 7.56. The van der Waals surface area contributed by atoms with Crippen LogP contribution in [0.4, 0.5) is 0 Å². The minimum atomic E-state index is -0.121. The molecule has 0 aliphatic rings. The largest absolute Gasteiger partial charge is 0.380 e. The standard InChI is InChI=1S/C15H34N2O2/c1-7-18-11-9-16-12-15(5,6)19-10-8-14(4)17-13(2)3/h13-14,16-17H,7-12H2,1-6H3. The number of hydrogen-bond acceptors (Lipinski definition) is 4. The molecule has 1 unspecified atom stereocenters. The van der Waals surface area contributed by atoms with Gasteiger partial charge in [0.2, 0.25) is 0 Å². The van der Waals surface area contributed by atoms with E-state index in [4.69, 9.17) is 9.47 Å². The van der Waals surface area contributed by atoms with Crippen LogP contribution in [0.5, 0.6) is 0 Å². The van der Waals surface area contributed by atoms with Gasteiger partial charge in [0.15, 0.2) is 0 Å². The van der Waals surface area contributed by atoms with Crippen LogP contribution in [-0.4, -0.2) is 50.6 Å². The molecular weight excluding hydrogens is 240 g/mol. The van der Waals surface area contributed by atoms with Gasteiger partial charge in [-0.3, -0.25) is 0 Å². The van der Waals surface area contributed by atoms with Crippen LogP contribution in [0.15, 0.2) is 0 Å². The smallest absolute Gasteiger partial charge is 0.0750 e. The van der Waals surface area contributed by atoms with Gasteiger partial charge in [0.05, 0.1) is 12.2 Å². The average molecular weight is 274 g/mol. The molecule has 0 bridgehead atoms. The van der Waals surface area contributed by atoms with E-state index in [0.717, 1.165) is 39.3 Å². The average Bonchev–Trinajstić information content (AvgIpc) is 2.27. The molecule has 116 valence electrons. The van der Waals surface area contributed by atoms with Gasteiger partial charge >= 0.3 is 0 Å². The fourth-order valence-corrected chi connectivity index (χ4v) is 1.89. The monoisotopic (exact) mass is 274 g/mol. The van der Waals surface area contributed by atoms with E-state index in [2.05, 4.69) is 45.3 Å². The molecule has 4 nitrogen and oxygen atoms in total. The molecule has 2 N–H and O–H groups in total. The summed E-state index contributed by atoms with van der Waals surface area (Å²) in [5.74, 6) is 0. The topological polar surface area (TPSA) is 42.5 Å². The molecule has 0 saturated carbocycles. The quantitative estimate of drug-likeness (QED) is 0.535. The fraction of sp³-hybridized carbons (Fsp3) is 1.00. The number of hydrogen-bond donors (Lipinski definition) is 2. The van der Waals surface area contributed by atoms with Crippen molar-refractivity contribution >= 4 is 0 Å². The second kappa shape index (κ2) is 10.6. The molecule has 0 amide bonds. The third-order valence-electron chi connectivity index (χ3n) is 2.84. The van der Waals surface area contributed by atoms with E-state index in [1.54, 1.807) is 0 Å². The van der Waals surface area contributed by atoms with Crippen molar-refractivity contribution in [3.05, 3.63) is 0 Å². The molecule has 0 aromatic rings. The first kappa shape index (κ1) is 18.8. The third-order valence-corrected chi connectivity index (χ3v) is 2.84. The van der Waals surface area contributed by atoms with Crippen molar-refractivity contribution in [3.8, 4) is 0 Å². The van der Waals surface area contributed by atoms with Gasteiger partial charge in [-0.05, 0) is 34.1 Å². The zero-order valence-electron chi connectivity index (χ0n) is 13.7. The summed E-state index contributed by atoms with van der Waals surface area (Å²) in [6.45, 7) is 16.9. The summed E-state index contributed by atoms with van der Waals surface area (Å²) in [7, 11) is 0. The molecule has 0 spiro atoms. The summed E-state index contributed by atoms with van der Waals surface area (Å²) in [4.78, 5) is 0. The first-order valence-electron chi connectivity index (χ1n) is 7.56. The normalized spacial score (nSPS) is 14.1. The van der Waals surface area contributed by atoms with Crippen molar-refractivity contribution in [2.24, 2.45) is 0 Å². The van der Waals surface area contributed by atoms with Crippen molar-refractivity contribution in [2.75, 3.05) is 32.9 Å². The molecule has 19 heavy (non-hydrogen) atoms. The Morgan fingerprint density at radius 2 is 1.79 bits per heavy atom. The maximum absolute atomic E-state index is 5.94. The molecule has 0 aromatic heterocycles. The Morgan fingerprint density at radius 3 is 2.37 bits per heavy atom. The SMILES string of the molecule is CCOCCNCC(C)(C)OCCC(C)NC(C)C. The van der Waals surface area contributed by atoms with Crippen LogP contribution in [-0.2, 0) is 9.47 Å². The van der Waals surface area contributed by atoms with Gasteiger partial charge in [0.1, 0.15) is 0 Å². The van der Waals surface area contributed by atoms with Crippen LogP contribution >= 0.6 is 0 Å². The summed E-state index contributed by atoms with van der Waals surface area (Å²) >= 11 is 0. The van der Waals surface area contributed by atoms with Crippen molar-refractivity contribution < 1.29 is 9.47 Å². The Bertz CT molecular complexity index is 208. The number of nitrogens with one attached hydrogen (secondary N) is 2. The van der Waals surface area contributed by atoms with E-state index in [1.807, 2.05) is 6.92 Å². The summed E-state index contributed by atoms with van der Waals surface area (Å²) < 4.78 is 11.2. The van der Waals surface area contributed by atoms with Crippen LogP contribution in [0.2, 0.25) is 0 Å². The second-order valence-electron chi connectivity index (χ2n) is 5.99. The lowest BCUT2D eigenvalue weighted by atomic mass is 10.1. The lowest BCUT2D eigenvalue weighted by Crippen LogP contribution is -2.40. The molecular formula is C15H34N2O2. The number of ether oxygens (including phenoxy) is 2. The van der Waals surface area contributed by atoms with E-state index in [-0.39, 0.29) is 5.60 Å². The summed E-state index contributed by atoms with van der Waals surface area (Å²) in [5.41, 5.74) is -0.121. The van der Waals surface area contributed by atoms with Gasteiger partial charge in [0.25, 0.3) is 0 Å². The molecule has 0 aromatic carbocycles. The molecule has 0 heterocycles. The fourth-order valence-electron chi connectivity index (χ4n) is 1.89. The van der Waals surface area contributed by atoms with Crippen LogP contribution in [0, 0.1) is 0 Å². The van der Waals surface area contributed by atoms with Crippen molar-refractivity contribution in [1.29, 1.82) is 0 Å². The van der Waals surface area contributed by atoms with Crippen LogP contribution in [0.3, 0.4) is 0 Å². The maximum atomic E-state index is 5.94. The Labute approximate surface area is 119 Å². The highest BCUT2D eigenvalue weighted by atomic mass is 16.5. The summed E-state index contributed by atoms with van der Waals surface area (Å²) in [6, 6.07) is 1.03. The van der Waals surface area contributed by atoms with E-state index in [1.165, 1.54) is 0 Å². The first-order chi connectivity index (χ1) is 8.87. The highest BCUT2D eigenvalue weighted by Gasteiger charge is 2.18. The zero-order valence-corrected chi connectivity index (χ0v) is 13.7. The molecule has 1 atom stereocenters. The van der Waals surface area contributed by atoms with Crippen LogP contribution < -0.4 is 10.6 Å². The molecule has 4 heteroatoms. The maximum Gasteiger partial charge on any atom is 0.0750 e. The Morgan fingerprint density at radius 1 is 1.11 bits per heavy atom. The number of rotatable bonds is 12. The van der Waals surface area contributed by atoms with Crippen molar-refractivity contribution in [1.82, 2.24) is 10.6 Å². The predicted molar refractivity (Wildman–Crippen MR) is 81.7 cm³/mol. The molecule has 0 radical (unpaired) electrons. The molecule has 0 aliphatic heterocycles. The lowest BCUT2D eigenvalue weighted by molar-refractivity contribution is -0.0206. The van der Waals surface area contributed by atoms with E-state index in [0.29, 0.717) is 12.1 Å². The Kier molecular flexibility index (Phi) is 10.5. The van der Waals surface area contributed by atoms with Gasteiger partial charge < -0.3 is 20.1 Å². The van der Waals surface area contributed by atoms with Gasteiger partial charge in [-0.15, -0.1) is 0 Å². The van der Waals surface area contributed by atoms with E-state index in [9.17, 15) is 0 Å². The summed E-state index contributed by atoms with van der Waals surface area (Å²) in [6.07, 6.45) is 1.04. The highest BCUT2D eigenvalue weighted by Crippen LogP contribution is 2.08. The molecule has 0 saturated heterocycles. The van der Waals surface area contributed by atoms with E-state index < -0.39 is 0 Å². The molecule has 0 fully saturated rings. The van der Waals surface area contributed by atoms with Gasteiger partial charge in [-0.25, -0.2) is 0 Å². The highest BCUT2D eigenvalue weighted by molar-refractivity contribution is 4.72. The lowest BCUT2D eigenvalue weighted by Gasteiger charge is -2.27.